The van der Waals surface area contributed by atoms with E-state index in [1.807, 2.05) is 0 Å². The number of Topliss-reactive ketones (excluding diaryl/α,β-unsaturated/α-hetero) is 2. The molecule has 1 aromatic carbocycles. The maximum atomic E-state index is 13.1. The van der Waals surface area contributed by atoms with Gasteiger partial charge in [0.05, 0.1) is 5.56 Å². The van der Waals surface area contributed by atoms with Gasteiger partial charge in [0, 0.05) is 0 Å². The molecule has 0 saturated carbocycles. The van der Waals surface area contributed by atoms with Crippen molar-refractivity contribution < 1.29 is 35.9 Å². The Morgan fingerprint density at radius 2 is 1.17 bits per heavy atom. The van der Waals surface area contributed by atoms with E-state index in [1.165, 1.54) is 0 Å². The molecule has 0 fully saturated rings. The molecule has 0 saturated heterocycles. The molecule has 1 atom stereocenters. The van der Waals surface area contributed by atoms with Crippen molar-refractivity contribution in [1.29, 1.82) is 0 Å². The van der Waals surface area contributed by atoms with Crippen LogP contribution in [0.3, 0.4) is 0 Å². The summed E-state index contributed by atoms with van der Waals surface area (Å²) in [4.78, 5) is 21.6. The second-order valence-corrected chi connectivity index (χ2v) is 3.28. The van der Waals surface area contributed by atoms with Gasteiger partial charge in [0.25, 0.3) is 0 Å². The lowest BCUT2D eigenvalue weighted by Crippen LogP contribution is -2.26. The van der Waals surface area contributed by atoms with Crippen molar-refractivity contribution in [2.45, 2.75) is 13.1 Å². The molecular formula is C10H4F6O2. The molecule has 0 aliphatic heterocycles. The fourth-order valence-electron chi connectivity index (χ4n) is 1.13. The van der Waals surface area contributed by atoms with E-state index in [9.17, 15) is 35.9 Å². The monoisotopic (exact) mass is 270 g/mol. The summed E-state index contributed by atoms with van der Waals surface area (Å²) in [6.07, 6.45) is -2.99. The SMILES string of the molecule is CC(=O)C(F)C(=O)c1c(F)c(F)c(F)c(F)c1F. The Balaban J connectivity index is 3.52. The number of alkyl halides is 1. The third kappa shape index (κ3) is 2.09. The van der Waals surface area contributed by atoms with Crippen molar-refractivity contribution in [2.24, 2.45) is 0 Å². The summed E-state index contributed by atoms with van der Waals surface area (Å²) in [7, 11) is 0. The predicted molar refractivity (Wildman–Crippen MR) is 46.1 cm³/mol. The fourth-order valence-corrected chi connectivity index (χ4v) is 1.13. The van der Waals surface area contributed by atoms with Gasteiger partial charge in [0.2, 0.25) is 17.8 Å². The first-order valence-electron chi connectivity index (χ1n) is 4.40. The first kappa shape index (κ1) is 14.2. The molecule has 98 valence electrons. The lowest BCUT2D eigenvalue weighted by molar-refractivity contribution is -0.120. The van der Waals surface area contributed by atoms with Crippen LogP contribution in [0.4, 0.5) is 26.3 Å². The lowest BCUT2D eigenvalue weighted by atomic mass is 10.0. The highest BCUT2D eigenvalue weighted by atomic mass is 19.2. The topological polar surface area (TPSA) is 34.1 Å². The summed E-state index contributed by atoms with van der Waals surface area (Å²) in [5, 5.41) is 0. The van der Waals surface area contributed by atoms with E-state index in [2.05, 4.69) is 0 Å². The van der Waals surface area contributed by atoms with Crippen molar-refractivity contribution in [3.05, 3.63) is 34.6 Å². The number of carbonyl (C=O) groups is 2. The standard InChI is InChI=1S/C10H4F6O2/c1-2(17)4(11)10(18)3-5(12)7(14)9(16)8(15)6(3)13/h4H,1H3. The third-order valence-corrected chi connectivity index (χ3v) is 2.04. The average Bonchev–Trinajstić information content (AvgIpc) is 2.32. The van der Waals surface area contributed by atoms with E-state index < -0.39 is 52.4 Å². The van der Waals surface area contributed by atoms with Gasteiger partial charge in [-0.15, -0.1) is 0 Å². The third-order valence-electron chi connectivity index (χ3n) is 2.04. The largest absolute Gasteiger partial charge is 0.296 e. The van der Waals surface area contributed by atoms with Gasteiger partial charge in [-0.25, -0.2) is 26.3 Å². The highest BCUT2D eigenvalue weighted by Gasteiger charge is 2.34. The molecule has 1 aromatic rings. The summed E-state index contributed by atoms with van der Waals surface area (Å²) >= 11 is 0. The van der Waals surface area contributed by atoms with Crippen LogP contribution in [0.25, 0.3) is 0 Å². The second kappa shape index (κ2) is 4.79. The van der Waals surface area contributed by atoms with Crippen LogP contribution >= 0.6 is 0 Å². The van der Waals surface area contributed by atoms with E-state index >= 15 is 0 Å². The molecule has 0 heterocycles. The summed E-state index contributed by atoms with van der Waals surface area (Å²) < 4.78 is 77.1. The van der Waals surface area contributed by atoms with Crippen LogP contribution < -0.4 is 0 Å². The summed E-state index contributed by atoms with van der Waals surface area (Å²) in [6, 6.07) is 0. The van der Waals surface area contributed by atoms with Crippen molar-refractivity contribution in [1.82, 2.24) is 0 Å². The van der Waals surface area contributed by atoms with E-state index in [4.69, 9.17) is 0 Å². The van der Waals surface area contributed by atoms with E-state index in [0.717, 1.165) is 0 Å². The zero-order chi connectivity index (χ0) is 14.2. The van der Waals surface area contributed by atoms with Crippen LogP contribution in [0, 0.1) is 29.1 Å². The molecule has 18 heavy (non-hydrogen) atoms. The van der Waals surface area contributed by atoms with Crippen LogP contribution in [-0.2, 0) is 4.79 Å². The Morgan fingerprint density at radius 3 is 1.50 bits per heavy atom. The highest BCUT2D eigenvalue weighted by molar-refractivity contribution is 6.12. The molecule has 2 nitrogen and oxygen atoms in total. The van der Waals surface area contributed by atoms with Gasteiger partial charge in [-0.2, -0.15) is 0 Å². The van der Waals surface area contributed by atoms with Crippen LogP contribution in [0.15, 0.2) is 0 Å². The molecule has 0 radical (unpaired) electrons. The maximum Gasteiger partial charge on any atom is 0.220 e. The van der Waals surface area contributed by atoms with Gasteiger partial charge in [-0.05, 0) is 6.92 Å². The van der Waals surface area contributed by atoms with E-state index in [-0.39, 0.29) is 0 Å². The lowest BCUT2D eigenvalue weighted by Gasteiger charge is -2.08. The first-order chi connectivity index (χ1) is 8.20. The van der Waals surface area contributed by atoms with Crippen molar-refractivity contribution >= 4 is 11.6 Å². The smallest absolute Gasteiger partial charge is 0.220 e. The highest BCUT2D eigenvalue weighted by Crippen LogP contribution is 2.24. The molecule has 0 bridgehead atoms. The van der Waals surface area contributed by atoms with Crippen LogP contribution in [-0.4, -0.2) is 17.7 Å². The summed E-state index contributed by atoms with van der Waals surface area (Å²) in [5.74, 6) is -15.7. The summed E-state index contributed by atoms with van der Waals surface area (Å²) in [6.45, 7) is 0.592. The van der Waals surface area contributed by atoms with Crippen molar-refractivity contribution in [3.63, 3.8) is 0 Å². The zero-order valence-corrected chi connectivity index (χ0v) is 8.66. The minimum absolute atomic E-state index is 0.592. The second-order valence-electron chi connectivity index (χ2n) is 3.28. The Bertz CT molecular complexity index is 511. The molecular weight excluding hydrogens is 266 g/mol. The Morgan fingerprint density at radius 1 is 0.833 bits per heavy atom. The molecule has 0 aliphatic carbocycles. The normalized spacial score (nSPS) is 12.4. The van der Waals surface area contributed by atoms with Crippen molar-refractivity contribution in [3.8, 4) is 0 Å². The van der Waals surface area contributed by atoms with Gasteiger partial charge in [-0.3, -0.25) is 9.59 Å². The molecule has 0 spiro atoms. The molecule has 1 unspecified atom stereocenters. The maximum absolute atomic E-state index is 13.1. The van der Waals surface area contributed by atoms with Gasteiger partial charge in [0.15, 0.2) is 29.1 Å². The molecule has 0 amide bonds. The molecule has 0 N–H and O–H groups in total. The predicted octanol–water partition coefficient (Wildman–Crippen LogP) is 2.49. The average molecular weight is 270 g/mol. The Hall–Kier alpha value is -1.86. The van der Waals surface area contributed by atoms with Crippen molar-refractivity contribution in [2.75, 3.05) is 0 Å². The van der Waals surface area contributed by atoms with Gasteiger partial charge in [0.1, 0.15) is 0 Å². The number of halogens is 6. The quantitative estimate of drug-likeness (QED) is 0.278. The van der Waals surface area contributed by atoms with Crippen LogP contribution in [0.2, 0.25) is 0 Å². The van der Waals surface area contributed by atoms with Gasteiger partial charge >= 0.3 is 0 Å². The molecule has 1 rings (SSSR count). The van der Waals surface area contributed by atoms with Gasteiger partial charge < -0.3 is 0 Å². The number of hydrogen-bond acceptors (Lipinski definition) is 2. The number of ketones is 2. The van der Waals surface area contributed by atoms with E-state index in [1.54, 1.807) is 0 Å². The van der Waals surface area contributed by atoms with E-state index in [0.29, 0.717) is 6.92 Å². The number of rotatable bonds is 3. The minimum Gasteiger partial charge on any atom is -0.296 e. The number of carbonyl (C=O) groups excluding carboxylic acids is 2. The van der Waals surface area contributed by atoms with Crippen LogP contribution in [0.1, 0.15) is 17.3 Å². The first-order valence-corrected chi connectivity index (χ1v) is 4.40. The number of benzene rings is 1. The number of hydrogen-bond donors (Lipinski definition) is 0. The van der Waals surface area contributed by atoms with Crippen LogP contribution in [0.5, 0.6) is 0 Å². The summed E-state index contributed by atoms with van der Waals surface area (Å²) in [5.41, 5.74) is -1.96. The zero-order valence-electron chi connectivity index (χ0n) is 8.66. The molecule has 8 heteroatoms. The molecule has 0 aliphatic rings. The Kier molecular flexibility index (Phi) is 3.78. The fraction of sp³-hybridized carbons (Fsp3) is 0.200. The molecule has 0 aromatic heterocycles. The van der Waals surface area contributed by atoms with Gasteiger partial charge in [-0.1, -0.05) is 0 Å². The Labute approximate surface area is 96.2 Å². The minimum atomic E-state index is -2.99.